The molecule has 1 aliphatic rings. The maximum atomic E-state index is 13.6. The lowest BCUT2D eigenvalue weighted by Gasteiger charge is -2.24. The highest BCUT2D eigenvalue weighted by molar-refractivity contribution is 7.91. The van der Waals surface area contributed by atoms with E-state index in [1.54, 1.807) is 50.2 Å². The Bertz CT molecular complexity index is 1260. The number of sulfone groups is 1. The Hall–Kier alpha value is -3.05. The van der Waals surface area contributed by atoms with Gasteiger partial charge in [0, 0.05) is 24.9 Å². The van der Waals surface area contributed by atoms with Crippen LogP contribution >= 0.6 is 0 Å². The maximum absolute atomic E-state index is 13.6. The predicted molar refractivity (Wildman–Crippen MR) is 134 cm³/mol. The number of methoxy groups -OCH3 is 2. The van der Waals surface area contributed by atoms with Gasteiger partial charge in [-0.1, -0.05) is 13.0 Å². The minimum absolute atomic E-state index is 0.274. The van der Waals surface area contributed by atoms with Gasteiger partial charge in [-0.2, -0.15) is 0 Å². The first-order valence-electron chi connectivity index (χ1n) is 12.0. The molecule has 1 fully saturated rings. The molecule has 10 nitrogen and oxygen atoms in total. The maximum Gasteiger partial charge on any atom is 0.167 e. The summed E-state index contributed by atoms with van der Waals surface area (Å²) in [5.74, 6) is 1.16. The van der Waals surface area contributed by atoms with Crippen LogP contribution in [-0.4, -0.2) is 59.2 Å². The van der Waals surface area contributed by atoms with Crippen molar-refractivity contribution < 1.29 is 22.6 Å². The molecule has 1 saturated heterocycles. The van der Waals surface area contributed by atoms with Crippen molar-refractivity contribution in [3.63, 3.8) is 0 Å². The number of rotatable bonds is 9. The summed E-state index contributed by atoms with van der Waals surface area (Å²) >= 11 is 0. The Kier molecular flexibility index (Phi) is 7.89. The second-order valence-electron chi connectivity index (χ2n) is 9.06. The molecule has 3 atom stereocenters. The van der Waals surface area contributed by atoms with E-state index < -0.39 is 15.1 Å². The van der Waals surface area contributed by atoms with Crippen LogP contribution in [-0.2, 0) is 20.3 Å². The van der Waals surface area contributed by atoms with Crippen molar-refractivity contribution in [3.8, 4) is 17.2 Å². The van der Waals surface area contributed by atoms with Gasteiger partial charge < -0.3 is 14.2 Å². The van der Waals surface area contributed by atoms with Crippen molar-refractivity contribution in [2.45, 2.75) is 63.1 Å². The lowest BCUT2D eigenvalue weighted by Crippen LogP contribution is -2.27. The van der Waals surface area contributed by atoms with Crippen LogP contribution in [0.1, 0.15) is 68.2 Å². The van der Waals surface area contributed by atoms with Gasteiger partial charge >= 0.3 is 0 Å². The third kappa shape index (κ3) is 5.22. The van der Waals surface area contributed by atoms with Gasteiger partial charge in [-0.25, -0.2) is 8.42 Å². The predicted octanol–water partition coefficient (Wildman–Crippen LogP) is 3.73. The zero-order valence-electron chi connectivity index (χ0n) is 21.3. The smallest absolute Gasteiger partial charge is 0.167 e. The molecule has 11 heteroatoms. The van der Waals surface area contributed by atoms with Crippen LogP contribution in [0.4, 0.5) is 0 Å². The van der Waals surface area contributed by atoms with Crippen molar-refractivity contribution in [2.75, 3.05) is 20.8 Å². The molecule has 194 valence electrons. The Labute approximate surface area is 212 Å². The number of benzene rings is 1. The molecule has 0 aliphatic carbocycles. The molecule has 3 aromatic rings. The number of aryl methyl sites for hydroxylation is 1. The molecule has 0 N–H and O–H groups in total. The van der Waals surface area contributed by atoms with E-state index in [1.807, 2.05) is 19.9 Å². The SMILES string of the molecule is COc1cccc(OC)c1-n1c(CS(=O)(=O)[C@@H](C)[C@H](C)c2cnc(C)cn2)nnc1[C@H]1CCCCO1. The standard InChI is InChI=1S/C25H33N5O5S/c1-16-13-27-19(14-26-16)17(2)18(3)36(31,32)15-23-28-29-25(22-9-6-7-12-35-22)30(23)24-20(33-4)10-8-11-21(24)34-5/h8,10-11,13-14,17-18,22H,6-7,9,12,15H2,1-5H3/t17-,18-,22+/m0/s1. The number of nitrogens with zero attached hydrogens (tertiary/aromatic N) is 5. The van der Waals surface area contributed by atoms with Crippen LogP contribution in [0.2, 0.25) is 0 Å². The van der Waals surface area contributed by atoms with Crippen LogP contribution in [0.5, 0.6) is 11.5 Å². The second kappa shape index (κ2) is 10.9. The normalized spacial score (nSPS) is 18.0. The van der Waals surface area contributed by atoms with Crippen molar-refractivity contribution >= 4 is 9.84 Å². The summed E-state index contributed by atoms with van der Waals surface area (Å²) in [6.45, 7) is 5.99. The van der Waals surface area contributed by atoms with Gasteiger partial charge in [0.1, 0.15) is 29.0 Å². The van der Waals surface area contributed by atoms with Gasteiger partial charge in [0.25, 0.3) is 0 Å². The van der Waals surface area contributed by atoms with Crippen LogP contribution in [0.25, 0.3) is 5.69 Å². The number of ether oxygens (including phenoxy) is 3. The first-order chi connectivity index (χ1) is 17.3. The van der Waals surface area contributed by atoms with E-state index >= 15 is 0 Å². The summed E-state index contributed by atoms with van der Waals surface area (Å²) < 4.78 is 46.3. The molecular formula is C25H33N5O5S. The molecule has 0 saturated carbocycles. The van der Waals surface area contributed by atoms with Crippen LogP contribution in [0, 0.1) is 6.92 Å². The van der Waals surface area contributed by atoms with Gasteiger partial charge in [0.2, 0.25) is 0 Å². The number of para-hydroxylation sites is 1. The van der Waals surface area contributed by atoms with E-state index in [0.717, 1.165) is 25.0 Å². The molecule has 1 aliphatic heterocycles. The first-order valence-corrected chi connectivity index (χ1v) is 13.8. The van der Waals surface area contributed by atoms with E-state index in [2.05, 4.69) is 20.2 Å². The third-order valence-electron chi connectivity index (χ3n) is 6.72. The molecule has 0 bridgehead atoms. The van der Waals surface area contributed by atoms with Crippen LogP contribution < -0.4 is 9.47 Å². The second-order valence-corrected chi connectivity index (χ2v) is 11.4. The molecule has 0 amide bonds. The molecule has 1 aromatic carbocycles. The minimum atomic E-state index is -3.67. The lowest BCUT2D eigenvalue weighted by atomic mass is 10.1. The topological polar surface area (TPSA) is 118 Å². The fourth-order valence-corrected chi connectivity index (χ4v) is 5.94. The Balaban J connectivity index is 1.77. The summed E-state index contributed by atoms with van der Waals surface area (Å²) in [5.41, 5.74) is 1.95. The average molecular weight is 516 g/mol. The summed E-state index contributed by atoms with van der Waals surface area (Å²) in [6.07, 6.45) is 5.69. The van der Waals surface area contributed by atoms with Crippen molar-refractivity contribution in [1.82, 2.24) is 24.7 Å². The fraction of sp³-hybridized carbons (Fsp3) is 0.520. The molecular weight excluding hydrogens is 482 g/mol. The largest absolute Gasteiger partial charge is 0.494 e. The summed E-state index contributed by atoms with van der Waals surface area (Å²) in [5, 5.41) is 8.03. The Morgan fingerprint density at radius 1 is 1.08 bits per heavy atom. The fourth-order valence-electron chi connectivity index (χ4n) is 4.37. The zero-order chi connectivity index (χ0) is 25.9. The quantitative estimate of drug-likeness (QED) is 0.420. The van der Waals surface area contributed by atoms with Crippen LogP contribution in [0.15, 0.2) is 30.6 Å². The lowest BCUT2D eigenvalue weighted by molar-refractivity contribution is 0.00828. The third-order valence-corrected chi connectivity index (χ3v) is 8.92. The van der Waals surface area contributed by atoms with E-state index in [9.17, 15) is 8.42 Å². The summed E-state index contributed by atoms with van der Waals surface area (Å²) in [7, 11) is -0.556. The number of aromatic nitrogens is 5. The molecule has 0 radical (unpaired) electrons. The van der Waals surface area contributed by atoms with Crippen LogP contribution in [0.3, 0.4) is 0 Å². The molecule has 2 aromatic heterocycles. The Morgan fingerprint density at radius 2 is 1.81 bits per heavy atom. The van der Waals surface area contributed by atoms with E-state index in [1.165, 1.54) is 0 Å². The molecule has 0 spiro atoms. The summed E-state index contributed by atoms with van der Waals surface area (Å²) in [6, 6.07) is 5.40. The first kappa shape index (κ1) is 26.0. The Morgan fingerprint density at radius 3 is 2.39 bits per heavy atom. The highest BCUT2D eigenvalue weighted by atomic mass is 32.2. The molecule has 3 heterocycles. The zero-order valence-corrected chi connectivity index (χ0v) is 22.2. The average Bonchev–Trinajstić information content (AvgIpc) is 3.30. The number of hydrogen-bond acceptors (Lipinski definition) is 9. The highest BCUT2D eigenvalue weighted by Crippen LogP contribution is 2.38. The minimum Gasteiger partial charge on any atom is -0.494 e. The summed E-state index contributed by atoms with van der Waals surface area (Å²) in [4.78, 5) is 8.66. The van der Waals surface area contributed by atoms with Gasteiger partial charge in [-0.15, -0.1) is 10.2 Å². The number of hydrogen-bond donors (Lipinski definition) is 0. The molecule has 0 unspecified atom stereocenters. The van der Waals surface area contributed by atoms with Crippen molar-refractivity contribution in [2.24, 2.45) is 0 Å². The van der Waals surface area contributed by atoms with E-state index in [0.29, 0.717) is 35.3 Å². The van der Waals surface area contributed by atoms with Gasteiger partial charge in [-0.3, -0.25) is 14.5 Å². The van der Waals surface area contributed by atoms with Gasteiger partial charge in [0.05, 0.1) is 30.9 Å². The molecule has 36 heavy (non-hydrogen) atoms. The van der Waals surface area contributed by atoms with E-state index in [-0.39, 0.29) is 23.6 Å². The van der Waals surface area contributed by atoms with Crippen molar-refractivity contribution in [1.29, 1.82) is 0 Å². The monoisotopic (exact) mass is 515 g/mol. The van der Waals surface area contributed by atoms with E-state index in [4.69, 9.17) is 14.2 Å². The van der Waals surface area contributed by atoms with Gasteiger partial charge in [-0.05, 0) is 45.2 Å². The molecule has 4 rings (SSSR count). The van der Waals surface area contributed by atoms with Gasteiger partial charge in [0.15, 0.2) is 21.5 Å². The highest BCUT2D eigenvalue weighted by Gasteiger charge is 2.34. The van der Waals surface area contributed by atoms with Crippen molar-refractivity contribution in [3.05, 3.63) is 53.6 Å².